The van der Waals surface area contributed by atoms with Crippen molar-refractivity contribution in [1.82, 2.24) is 4.90 Å². The zero-order valence-corrected chi connectivity index (χ0v) is 6.94. The number of hydrogen-bond donors (Lipinski definition) is 1. The lowest BCUT2D eigenvalue weighted by Crippen LogP contribution is -2.55. The Labute approximate surface area is 71.4 Å². The van der Waals surface area contributed by atoms with E-state index in [-0.39, 0.29) is 12.0 Å². The molecule has 4 heterocycles. The van der Waals surface area contributed by atoms with E-state index in [0.29, 0.717) is 24.4 Å². The number of carbonyl (C=O) groups is 1. The summed E-state index contributed by atoms with van der Waals surface area (Å²) in [7, 11) is 0. The highest BCUT2D eigenvalue weighted by molar-refractivity contribution is 5.85. The molecule has 66 valence electrons. The van der Waals surface area contributed by atoms with Crippen LogP contribution in [-0.2, 0) is 4.79 Å². The molecule has 0 saturated carbocycles. The van der Waals surface area contributed by atoms with E-state index in [1.807, 2.05) is 0 Å². The van der Waals surface area contributed by atoms with Gasteiger partial charge >= 0.3 is 0 Å². The average Bonchev–Trinajstić information content (AvgIpc) is 2.28. The van der Waals surface area contributed by atoms with E-state index >= 15 is 0 Å². The maximum atomic E-state index is 11.4. The second kappa shape index (κ2) is 2.09. The van der Waals surface area contributed by atoms with Gasteiger partial charge in [-0.25, -0.2) is 0 Å². The summed E-state index contributed by atoms with van der Waals surface area (Å²) >= 11 is 0. The minimum atomic E-state index is -0.159. The van der Waals surface area contributed by atoms with E-state index in [2.05, 4.69) is 4.90 Å². The summed E-state index contributed by atoms with van der Waals surface area (Å²) in [6.07, 6.45) is 2.66. The number of rotatable bonds is 0. The fraction of sp³-hybridized carbons (Fsp3) is 0.889. The number of aliphatic hydroxyl groups excluding tert-OH is 1. The first-order valence-corrected chi connectivity index (χ1v) is 4.72. The Kier molecular flexibility index (Phi) is 1.23. The lowest BCUT2D eigenvalue weighted by Gasteiger charge is -2.44. The third kappa shape index (κ3) is 0.709. The fourth-order valence-corrected chi connectivity index (χ4v) is 3.12. The van der Waals surface area contributed by atoms with Crippen LogP contribution in [-0.4, -0.2) is 40.5 Å². The highest BCUT2D eigenvalue weighted by Gasteiger charge is 2.52. The summed E-state index contributed by atoms with van der Waals surface area (Å²) in [5.41, 5.74) is 0. The first-order valence-electron chi connectivity index (χ1n) is 4.72. The summed E-state index contributed by atoms with van der Waals surface area (Å²) in [5, 5.41) is 9.65. The van der Waals surface area contributed by atoms with Gasteiger partial charge in [-0.1, -0.05) is 0 Å². The molecule has 1 N–H and O–H groups in total. The number of aliphatic hydroxyl groups is 1. The predicted molar refractivity (Wildman–Crippen MR) is 42.6 cm³/mol. The second-order valence-electron chi connectivity index (χ2n) is 4.33. The quantitative estimate of drug-likeness (QED) is 0.542. The van der Waals surface area contributed by atoms with Crippen LogP contribution in [0.25, 0.3) is 0 Å². The molecule has 0 aromatic carbocycles. The molecule has 0 aliphatic carbocycles. The molecule has 3 nitrogen and oxygen atoms in total. The molecule has 12 heavy (non-hydrogen) atoms. The normalized spacial score (nSPS) is 56.4. The second-order valence-corrected chi connectivity index (χ2v) is 4.33. The zero-order chi connectivity index (χ0) is 8.29. The van der Waals surface area contributed by atoms with Crippen LogP contribution >= 0.6 is 0 Å². The maximum Gasteiger partial charge on any atom is 0.150 e. The van der Waals surface area contributed by atoms with Crippen LogP contribution in [0.15, 0.2) is 0 Å². The number of ketones is 1. The van der Waals surface area contributed by atoms with E-state index in [1.54, 1.807) is 0 Å². The number of hydrogen-bond acceptors (Lipinski definition) is 3. The van der Waals surface area contributed by atoms with Crippen molar-refractivity contribution in [1.29, 1.82) is 0 Å². The van der Waals surface area contributed by atoms with Crippen molar-refractivity contribution in [3.63, 3.8) is 0 Å². The molecule has 0 aromatic heterocycles. The third-order valence-corrected chi connectivity index (χ3v) is 3.73. The van der Waals surface area contributed by atoms with Crippen LogP contribution in [0.2, 0.25) is 0 Å². The van der Waals surface area contributed by atoms with E-state index in [9.17, 15) is 9.90 Å². The van der Waals surface area contributed by atoms with E-state index in [1.165, 1.54) is 0 Å². The van der Waals surface area contributed by atoms with Crippen LogP contribution in [0.4, 0.5) is 0 Å². The van der Waals surface area contributed by atoms with Gasteiger partial charge in [0.25, 0.3) is 0 Å². The molecule has 4 bridgehead atoms. The third-order valence-electron chi connectivity index (χ3n) is 3.73. The van der Waals surface area contributed by atoms with Crippen LogP contribution < -0.4 is 0 Å². The highest BCUT2D eigenvalue weighted by atomic mass is 16.3. The lowest BCUT2D eigenvalue weighted by atomic mass is 9.82. The number of piperidine rings is 3. The summed E-state index contributed by atoms with van der Waals surface area (Å²) in [6.45, 7) is 0.608. The highest BCUT2D eigenvalue weighted by Crippen LogP contribution is 2.42. The maximum absolute atomic E-state index is 11.4. The Morgan fingerprint density at radius 1 is 1.33 bits per heavy atom. The van der Waals surface area contributed by atoms with Crippen molar-refractivity contribution in [3.8, 4) is 0 Å². The van der Waals surface area contributed by atoms with Crippen molar-refractivity contribution < 1.29 is 9.90 Å². The van der Waals surface area contributed by atoms with Crippen molar-refractivity contribution in [2.45, 2.75) is 37.5 Å². The molecule has 3 heteroatoms. The topological polar surface area (TPSA) is 40.5 Å². The zero-order valence-electron chi connectivity index (χ0n) is 6.94. The number of nitrogens with zero attached hydrogens (tertiary/aromatic N) is 1. The molecule has 0 aromatic rings. The molecule has 4 aliphatic heterocycles. The molecular formula is C9H13NO2. The minimum Gasteiger partial charge on any atom is -0.391 e. The van der Waals surface area contributed by atoms with Crippen LogP contribution in [0.3, 0.4) is 0 Å². The Hall–Kier alpha value is -0.410. The molecule has 5 unspecified atom stereocenters. The molecular weight excluding hydrogens is 154 g/mol. The van der Waals surface area contributed by atoms with E-state index < -0.39 is 0 Å². The molecule has 0 spiro atoms. The van der Waals surface area contributed by atoms with Crippen molar-refractivity contribution >= 4 is 5.78 Å². The average molecular weight is 167 g/mol. The van der Waals surface area contributed by atoms with Gasteiger partial charge in [-0.15, -0.1) is 0 Å². The first kappa shape index (κ1) is 7.04. The summed E-state index contributed by atoms with van der Waals surface area (Å²) in [6, 6.07) is 0.827. The monoisotopic (exact) mass is 167 g/mol. The molecule has 0 radical (unpaired) electrons. The summed E-state index contributed by atoms with van der Waals surface area (Å²) < 4.78 is 0. The predicted octanol–water partition coefficient (Wildman–Crippen LogP) is -0.217. The van der Waals surface area contributed by atoms with Crippen LogP contribution in [0, 0.1) is 5.92 Å². The molecule has 4 rings (SSSR count). The molecule has 4 saturated heterocycles. The van der Waals surface area contributed by atoms with Gasteiger partial charge in [-0.3, -0.25) is 9.69 Å². The Morgan fingerprint density at radius 2 is 2.17 bits per heavy atom. The fourth-order valence-electron chi connectivity index (χ4n) is 3.12. The summed E-state index contributed by atoms with van der Waals surface area (Å²) in [4.78, 5) is 13.6. The van der Waals surface area contributed by atoms with E-state index in [0.717, 1.165) is 19.3 Å². The Balaban J connectivity index is 1.96. The van der Waals surface area contributed by atoms with Crippen molar-refractivity contribution in [3.05, 3.63) is 0 Å². The van der Waals surface area contributed by atoms with Gasteiger partial charge in [0.2, 0.25) is 0 Å². The van der Waals surface area contributed by atoms with E-state index in [4.69, 9.17) is 0 Å². The van der Waals surface area contributed by atoms with Crippen LogP contribution in [0.5, 0.6) is 0 Å². The van der Waals surface area contributed by atoms with Crippen LogP contribution in [0.1, 0.15) is 19.3 Å². The standard InChI is InChI=1S/C9H13NO2/c11-8-3-6-1-5-2-7(8)10(6)4-9(5)12/h5-8,11H,1-4H2. The Bertz CT molecular complexity index is 241. The SMILES string of the molecule is O=C1CN2C3CC1CC2C(O)C3. The van der Waals surface area contributed by atoms with Gasteiger partial charge in [-0.05, 0) is 19.3 Å². The van der Waals surface area contributed by atoms with Gasteiger partial charge < -0.3 is 5.11 Å². The van der Waals surface area contributed by atoms with Gasteiger partial charge in [0.05, 0.1) is 12.6 Å². The smallest absolute Gasteiger partial charge is 0.150 e. The summed E-state index contributed by atoms with van der Waals surface area (Å²) in [5.74, 6) is 0.679. The van der Waals surface area contributed by atoms with Gasteiger partial charge in [-0.2, -0.15) is 0 Å². The number of carbonyl (C=O) groups excluding carboxylic acids is 1. The number of Topliss-reactive ketones (excluding diaryl/α,β-unsaturated/α-hetero) is 1. The van der Waals surface area contributed by atoms with Gasteiger partial charge in [0.1, 0.15) is 5.78 Å². The van der Waals surface area contributed by atoms with Gasteiger partial charge in [0, 0.05) is 18.0 Å². The molecule has 4 aliphatic rings. The minimum absolute atomic E-state index is 0.159. The van der Waals surface area contributed by atoms with Crippen molar-refractivity contribution in [2.24, 2.45) is 5.92 Å². The molecule has 5 atom stereocenters. The lowest BCUT2D eigenvalue weighted by molar-refractivity contribution is -0.135. The molecule has 4 fully saturated rings. The van der Waals surface area contributed by atoms with Crippen molar-refractivity contribution in [2.75, 3.05) is 6.54 Å². The van der Waals surface area contributed by atoms with Gasteiger partial charge in [0.15, 0.2) is 0 Å². The molecule has 0 amide bonds. The largest absolute Gasteiger partial charge is 0.391 e. The number of fused-ring (bicyclic) bond motifs is 1. The first-order chi connectivity index (χ1) is 5.75. The Morgan fingerprint density at radius 3 is 2.83 bits per heavy atom.